The fourth-order valence-electron chi connectivity index (χ4n) is 6.44. The summed E-state index contributed by atoms with van der Waals surface area (Å²) in [5.74, 6) is 0.293. The van der Waals surface area contributed by atoms with Gasteiger partial charge >= 0.3 is 11.9 Å². The lowest BCUT2D eigenvalue weighted by atomic mass is 8.92. The van der Waals surface area contributed by atoms with Crippen LogP contribution in [0.3, 0.4) is 0 Å². The van der Waals surface area contributed by atoms with Gasteiger partial charge in [-0.1, -0.05) is 0 Å². The lowest BCUT2D eigenvalue weighted by molar-refractivity contribution is -0.628. The molecule has 6 rings (SSSR count). The van der Waals surface area contributed by atoms with Crippen LogP contribution in [-0.4, -0.2) is 22.2 Å². The summed E-state index contributed by atoms with van der Waals surface area (Å²) < 4.78 is 0. The van der Waals surface area contributed by atoms with Crippen LogP contribution in [0.5, 0.6) is 0 Å². The minimum Gasteiger partial charge on any atom is -0.481 e. The monoisotopic (exact) mass is 192 g/mol. The van der Waals surface area contributed by atoms with Crippen LogP contribution in [0.25, 0.3) is 0 Å². The third-order valence-electron chi connectivity index (χ3n) is 6.33. The summed E-state index contributed by atoms with van der Waals surface area (Å²) in [5, 5.41) is 18.3. The molecule has 0 amide bonds. The average Bonchev–Trinajstić information content (AvgIpc) is 2.16. The molecule has 6 aliphatic carbocycles. The van der Waals surface area contributed by atoms with Gasteiger partial charge in [-0.05, 0) is 35.5 Å². The lowest BCUT2D eigenvalue weighted by Gasteiger charge is -3.08. The van der Waals surface area contributed by atoms with Crippen LogP contribution in [0.15, 0.2) is 0 Å². The van der Waals surface area contributed by atoms with Crippen molar-refractivity contribution in [3.05, 3.63) is 0 Å². The van der Waals surface area contributed by atoms with Crippen molar-refractivity contribution in [1.82, 2.24) is 0 Å². The van der Waals surface area contributed by atoms with Crippen molar-refractivity contribution in [3.63, 3.8) is 0 Å². The quantitative estimate of drug-likeness (QED) is 0.640. The van der Waals surface area contributed by atoms with Crippen molar-refractivity contribution in [2.75, 3.05) is 0 Å². The first kappa shape index (κ1) is 6.43. The van der Waals surface area contributed by atoms with Crippen LogP contribution in [0.1, 0.15) is 0 Å². The zero-order chi connectivity index (χ0) is 9.62. The fourth-order valence-corrected chi connectivity index (χ4v) is 6.44. The van der Waals surface area contributed by atoms with Gasteiger partial charge in [0.2, 0.25) is 0 Å². The molecular formula is C10H8O4. The Labute approximate surface area is 78.9 Å². The highest BCUT2D eigenvalue weighted by Gasteiger charge is 3.13. The standard InChI is InChI=1S/C10H8O4/c11-7(12)9-3-1-4-2(3)6(9)10(4,5(1)9)8(13)14/h1-6H,(H,11,12)(H,13,14). The topological polar surface area (TPSA) is 74.6 Å². The summed E-state index contributed by atoms with van der Waals surface area (Å²) in [6, 6.07) is 0. The number of aliphatic carboxylic acids is 2. The molecule has 0 aromatic rings. The van der Waals surface area contributed by atoms with Crippen molar-refractivity contribution in [3.8, 4) is 0 Å². The summed E-state index contributed by atoms with van der Waals surface area (Å²) in [4.78, 5) is 22.3. The molecule has 72 valence electrons. The van der Waals surface area contributed by atoms with E-state index in [1.54, 1.807) is 0 Å². The van der Waals surface area contributed by atoms with Crippen LogP contribution < -0.4 is 0 Å². The van der Waals surface area contributed by atoms with E-state index in [1.165, 1.54) is 0 Å². The summed E-state index contributed by atoms with van der Waals surface area (Å²) in [6.45, 7) is 0. The van der Waals surface area contributed by atoms with E-state index in [0.717, 1.165) is 0 Å². The molecule has 0 heterocycles. The number of hydrogen-bond acceptors (Lipinski definition) is 2. The van der Waals surface area contributed by atoms with Gasteiger partial charge in [-0.3, -0.25) is 9.59 Å². The molecule has 6 fully saturated rings. The third kappa shape index (κ3) is 0.215. The number of hydrogen-bond donors (Lipinski definition) is 2. The van der Waals surface area contributed by atoms with Gasteiger partial charge in [0.05, 0.1) is 10.8 Å². The van der Waals surface area contributed by atoms with Crippen LogP contribution >= 0.6 is 0 Å². The van der Waals surface area contributed by atoms with Crippen molar-refractivity contribution in [2.24, 2.45) is 46.3 Å². The predicted octanol–water partition coefficient (Wildman–Crippen LogP) is -0.106. The average molecular weight is 192 g/mol. The molecule has 0 spiro atoms. The predicted molar refractivity (Wildman–Crippen MR) is 41.1 cm³/mol. The number of carbonyl (C=O) groups is 2. The Bertz CT molecular complexity index is 395. The van der Waals surface area contributed by atoms with Gasteiger partial charge in [-0.25, -0.2) is 0 Å². The highest BCUT2D eigenvalue weighted by molar-refractivity contribution is 5.96. The Hall–Kier alpha value is -1.06. The van der Waals surface area contributed by atoms with Gasteiger partial charge in [0.15, 0.2) is 0 Å². The summed E-state index contributed by atoms with van der Waals surface area (Å²) in [7, 11) is 0. The van der Waals surface area contributed by atoms with E-state index >= 15 is 0 Å². The lowest BCUT2D eigenvalue weighted by Crippen LogP contribution is -3.12. The van der Waals surface area contributed by atoms with Crippen LogP contribution in [0.4, 0.5) is 0 Å². The Kier molecular flexibility index (Phi) is 0.538. The minimum absolute atomic E-state index is 0.00926. The molecule has 4 nitrogen and oxygen atoms in total. The van der Waals surface area contributed by atoms with Crippen LogP contribution in [0, 0.1) is 46.3 Å². The maximum Gasteiger partial charge on any atom is 0.310 e. The van der Waals surface area contributed by atoms with E-state index in [0.29, 0.717) is 23.7 Å². The molecule has 6 saturated carbocycles. The Morgan fingerprint density at radius 2 is 1.21 bits per heavy atom. The third-order valence-corrected chi connectivity index (χ3v) is 6.33. The summed E-state index contributed by atoms with van der Waals surface area (Å²) >= 11 is 0. The van der Waals surface area contributed by atoms with Gasteiger partial charge in [0.25, 0.3) is 0 Å². The molecule has 0 radical (unpaired) electrons. The van der Waals surface area contributed by atoms with Crippen LogP contribution in [0.2, 0.25) is 0 Å². The first-order valence-electron chi connectivity index (χ1n) is 5.09. The molecule has 2 N–H and O–H groups in total. The second kappa shape index (κ2) is 1.17. The van der Waals surface area contributed by atoms with Crippen molar-refractivity contribution < 1.29 is 19.8 Å². The molecule has 0 atom stereocenters. The van der Waals surface area contributed by atoms with E-state index in [1.807, 2.05) is 0 Å². The number of carboxylic acid groups (broad SMARTS) is 2. The van der Waals surface area contributed by atoms with Crippen LogP contribution in [-0.2, 0) is 9.59 Å². The molecule has 0 unspecified atom stereocenters. The maximum absolute atomic E-state index is 11.2. The van der Waals surface area contributed by atoms with Gasteiger partial charge in [0, 0.05) is 0 Å². The van der Waals surface area contributed by atoms with Gasteiger partial charge in [-0.2, -0.15) is 0 Å². The molecule has 14 heavy (non-hydrogen) atoms. The van der Waals surface area contributed by atoms with E-state index < -0.39 is 22.8 Å². The largest absolute Gasteiger partial charge is 0.481 e. The fraction of sp³-hybridized carbons (Fsp3) is 0.800. The molecule has 0 saturated heterocycles. The molecule has 0 aliphatic heterocycles. The highest BCUT2D eigenvalue weighted by atomic mass is 16.4. The SMILES string of the molecule is O=C(O)C12C3C4C5C3C1C5(C(=O)O)C42. The van der Waals surface area contributed by atoms with E-state index in [-0.39, 0.29) is 11.8 Å². The van der Waals surface area contributed by atoms with Crippen molar-refractivity contribution in [2.45, 2.75) is 0 Å². The first-order chi connectivity index (χ1) is 6.62. The Morgan fingerprint density at radius 1 is 0.857 bits per heavy atom. The van der Waals surface area contributed by atoms with Crippen molar-refractivity contribution in [1.29, 1.82) is 0 Å². The second-order valence-corrected chi connectivity index (χ2v) is 5.64. The van der Waals surface area contributed by atoms with Crippen molar-refractivity contribution >= 4 is 11.9 Å². The van der Waals surface area contributed by atoms with E-state index in [9.17, 15) is 9.59 Å². The zero-order valence-electron chi connectivity index (χ0n) is 7.18. The molecule has 0 bridgehead atoms. The molecular weight excluding hydrogens is 184 g/mol. The Balaban J connectivity index is 1.71. The zero-order valence-corrected chi connectivity index (χ0v) is 7.18. The summed E-state index contributed by atoms with van der Waals surface area (Å²) in [6.07, 6.45) is 0. The smallest absolute Gasteiger partial charge is 0.310 e. The second-order valence-electron chi connectivity index (χ2n) is 5.64. The van der Waals surface area contributed by atoms with Gasteiger partial charge in [-0.15, -0.1) is 0 Å². The molecule has 0 aromatic carbocycles. The normalized spacial score (nSPS) is 76.9. The first-order valence-corrected chi connectivity index (χ1v) is 5.09. The Morgan fingerprint density at radius 3 is 1.50 bits per heavy atom. The molecule has 6 aliphatic rings. The molecule has 0 aromatic heterocycles. The highest BCUT2D eigenvalue weighted by Crippen LogP contribution is 3.10. The minimum atomic E-state index is -0.722. The summed E-state index contributed by atoms with van der Waals surface area (Å²) in [5.41, 5.74) is -1.11. The van der Waals surface area contributed by atoms with Gasteiger partial charge < -0.3 is 10.2 Å². The maximum atomic E-state index is 11.2. The van der Waals surface area contributed by atoms with Gasteiger partial charge in [0.1, 0.15) is 0 Å². The number of carboxylic acids is 2. The van der Waals surface area contributed by atoms with E-state index in [2.05, 4.69) is 0 Å². The molecule has 4 heteroatoms. The number of rotatable bonds is 2. The van der Waals surface area contributed by atoms with E-state index in [4.69, 9.17) is 10.2 Å².